The van der Waals surface area contributed by atoms with Crippen molar-refractivity contribution < 1.29 is 14.4 Å². The fourth-order valence-electron chi connectivity index (χ4n) is 4.82. The van der Waals surface area contributed by atoms with Gasteiger partial charge in [-0.2, -0.15) is 0 Å². The summed E-state index contributed by atoms with van der Waals surface area (Å²) in [6.45, 7) is 7.91. The minimum atomic E-state index is -0.723. The third-order valence-corrected chi connectivity index (χ3v) is 7.85. The SMILES string of the molecule is C=CC(=O)NCC(CC1CCCCC1)NC(=O)[C@H](Cc1nc2ccc(CC)cc2s1)NC(=O)CCC. The quantitative estimate of drug-likeness (QED) is 0.345. The first-order valence-corrected chi connectivity index (χ1v) is 14.1. The van der Waals surface area contributed by atoms with E-state index in [1.54, 1.807) is 11.3 Å². The molecule has 1 aromatic carbocycles. The van der Waals surface area contributed by atoms with Crippen molar-refractivity contribution in [1.82, 2.24) is 20.9 Å². The average molecular weight is 513 g/mol. The number of fused-ring (bicyclic) bond motifs is 1. The Morgan fingerprint density at radius 2 is 1.94 bits per heavy atom. The number of nitrogens with one attached hydrogen (secondary N) is 3. The molecule has 1 aromatic heterocycles. The van der Waals surface area contributed by atoms with Gasteiger partial charge in [-0.25, -0.2) is 4.98 Å². The molecule has 196 valence electrons. The molecule has 1 aliphatic rings. The van der Waals surface area contributed by atoms with Gasteiger partial charge in [-0.1, -0.05) is 58.6 Å². The molecule has 2 aromatic rings. The molecule has 0 spiro atoms. The Kier molecular flexibility index (Phi) is 10.9. The largest absolute Gasteiger partial charge is 0.351 e. The maximum atomic E-state index is 13.5. The zero-order chi connectivity index (χ0) is 25.9. The lowest BCUT2D eigenvalue weighted by Gasteiger charge is -2.28. The van der Waals surface area contributed by atoms with Crippen LogP contribution in [0.15, 0.2) is 30.9 Å². The van der Waals surface area contributed by atoms with E-state index in [2.05, 4.69) is 41.6 Å². The van der Waals surface area contributed by atoms with Crippen molar-refractivity contribution >= 4 is 39.3 Å². The first-order chi connectivity index (χ1) is 17.4. The second-order valence-corrected chi connectivity index (χ2v) is 10.8. The number of thiazole rings is 1. The fraction of sp³-hybridized carbons (Fsp3) is 0.571. The minimum Gasteiger partial charge on any atom is -0.351 e. The summed E-state index contributed by atoms with van der Waals surface area (Å²) in [6.07, 6.45) is 10.4. The molecule has 3 amide bonds. The molecule has 0 radical (unpaired) electrons. The second kappa shape index (κ2) is 14.1. The van der Waals surface area contributed by atoms with Gasteiger partial charge < -0.3 is 16.0 Å². The Morgan fingerprint density at radius 3 is 2.64 bits per heavy atom. The summed E-state index contributed by atoms with van der Waals surface area (Å²) in [5, 5.41) is 9.72. The van der Waals surface area contributed by atoms with Crippen molar-refractivity contribution in [2.24, 2.45) is 5.92 Å². The van der Waals surface area contributed by atoms with E-state index in [-0.39, 0.29) is 23.8 Å². The van der Waals surface area contributed by atoms with Gasteiger partial charge in [0.05, 0.1) is 15.2 Å². The van der Waals surface area contributed by atoms with Crippen molar-refractivity contribution in [3.8, 4) is 0 Å². The summed E-state index contributed by atoms with van der Waals surface area (Å²) in [4.78, 5) is 42.5. The van der Waals surface area contributed by atoms with Gasteiger partial charge in [-0.05, 0) is 49.0 Å². The smallest absolute Gasteiger partial charge is 0.243 e. The molecule has 1 heterocycles. The number of carbonyl (C=O) groups is 3. The molecule has 3 rings (SSSR count). The maximum absolute atomic E-state index is 13.5. The zero-order valence-corrected chi connectivity index (χ0v) is 22.4. The van der Waals surface area contributed by atoms with Gasteiger partial charge in [0.25, 0.3) is 0 Å². The molecule has 1 fully saturated rings. The number of hydrogen-bond acceptors (Lipinski definition) is 5. The zero-order valence-electron chi connectivity index (χ0n) is 21.6. The summed E-state index contributed by atoms with van der Waals surface area (Å²) in [6, 6.07) is 5.30. The van der Waals surface area contributed by atoms with Crippen molar-refractivity contribution in [3.05, 3.63) is 41.4 Å². The predicted molar refractivity (Wildman–Crippen MR) is 146 cm³/mol. The van der Waals surface area contributed by atoms with E-state index in [9.17, 15) is 14.4 Å². The summed E-state index contributed by atoms with van der Waals surface area (Å²) >= 11 is 1.57. The summed E-state index contributed by atoms with van der Waals surface area (Å²) in [7, 11) is 0. The molecule has 2 atom stereocenters. The number of aromatic nitrogens is 1. The van der Waals surface area contributed by atoms with E-state index in [0.717, 1.165) is 40.9 Å². The molecule has 8 heteroatoms. The van der Waals surface area contributed by atoms with Crippen molar-refractivity contribution in [1.29, 1.82) is 0 Å². The highest BCUT2D eigenvalue weighted by molar-refractivity contribution is 7.18. The molecule has 0 aliphatic heterocycles. The lowest BCUT2D eigenvalue weighted by atomic mass is 9.84. The Morgan fingerprint density at radius 1 is 1.17 bits per heavy atom. The van der Waals surface area contributed by atoms with Gasteiger partial charge in [-0.15, -0.1) is 11.3 Å². The van der Waals surface area contributed by atoms with Crippen LogP contribution in [0.1, 0.15) is 75.8 Å². The molecule has 0 bridgehead atoms. The topological polar surface area (TPSA) is 100 Å². The van der Waals surface area contributed by atoms with Crippen LogP contribution >= 0.6 is 11.3 Å². The van der Waals surface area contributed by atoms with Crippen molar-refractivity contribution in [2.45, 2.75) is 90.1 Å². The monoisotopic (exact) mass is 512 g/mol. The Hall–Kier alpha value is -2.74. The normalized spacial score (nSPS) is 15.7. The van der Waals surface area contributed by atoms with Gasteiger partial charge in [-0.3, -0.25) is 14.4 Å². The van der Waals surface area contributed by atoms with Crippen LogP contribution in [0.2, 0.25) is 0 Å². The molecule has 1 unspecified atom stereocenters. The summed E-state index contributed by atoms with van der Waals surface area (Å²) < 4.78 is 1.09. The third-order valence-electron chi connectivity index (χ3n) is 6.81. The highest BCUT2D eigenvalue weighted by Gasteiger charge is 2.27. The van der Waals surface area contributed by atoms with Gasteiger partial charge in [0.1, 0.15) is 6.04 Å². The number of nitrogens with zero attached hydrogens (tertiary/aromatic N) is 1. The number of carbonyl (C=O) groups excluding carboxylic acids is 3. The van der Waals surface area contributed by atoms with Crippen LogP contribution < -0.4 is 16.0 Å². The van der Waals surface area contributed by atoms with Crippen LogP contribution in [-0.4, -0.2) is 41.3 Å². The van der Waals surface area contributed by atoms with Gasteiger partial charge in [0.2, 0.25) is 17.7 Å². The standard InChI is InChI=1S/C28H40N4O3S/c1-4-10-26(34)31-23(17-27-32-22-14-13-19(5-2)16-24(22)36-27)28(35)30-21(18-29-25(33)6-3)15-20-11-8-7-9-12-20/h6,13-14,16,20-21,23H,3-5,7-12,15,17-18H2,1-2H3,(H,29,33)(H,30,35)(H,31,34)/t21?,23-/m0/s1. The third kappa shape index (κ3) is 8.43. The summed E-state index contributed by atoms with van der Waals surface area (Å²) in [5.74, 6) is -0.112. The Labute approximate surface area is 218 Å². The molecule has 3 N–H and O–H groups in total. The molecule has 7 nitrogen and oxygen atoms in total. The average Bonchev–Trinajstić information content (AvgIpc) is 3.28. The molecule has 1 saturated carbocycles. The lowest BCUT2D eigenvalue weighted by molar-refractivity contribution is -0.129. The van der Waals surface area contributed by atoms with E-state index in [4.69, 9.17) is 4.98 Å². The molecular formula is C28H40N4O3S. The molecular weight excluding hydrogens is 472 g/mol. The number of aryl methyl sites for hydroxylation is 1. The maximum Gasteiger partial charge on any atom is 0.243 e. The van der Waals surface area contributed by atoms with Gasteiger partial charge in [0, 0.05) is 25.4 Å². The van der Waals surface area contributed by atoms with Crippen LogP contribution in [0.4, 0.5) is 0 Å². The fourth-order valence-corrected chi connectivity index (χ4v) is 5.89. The first kappa shape index (κ1) is 27.8. The highest BCUT2D eigenvalue weighted by atomic mass is 32.1. The summed E-state index contributed by atoms with van der Waals surface area (Å²) in [5.41, 5.74) is 2.16. The van der Waals surface area contributed by atoms with Crippen LogP contribution in [0.3, 0.4) is 0 Å². The lowest BCUT2D eigenvalue weighted by Crippen LogP contribution is -2.53. The van der Waals surface area contributed by atoms with Crippen molar-refractivity contribution in [3.63, 3.8) is 0 Å². The van der Waals surface area contributed by atoms with E-state index in [1.807, 2.05) is 13.0 Å². The van der Waals surface area contributed by atoms with E-state index in [1.165, 1.54) is 30.9 Å². The van der Waals surface area contributed by atoms with E-state index < -0.39 is 6.04 Å². The van der Waals surface area contributed by atoms with Gasteiger partial charge in [0.15, 0.2) is 0 Å². The minimum absolute atomic E-state index is 0.143. The number of hydrogen-bond donors (Lipinski definition) is 3. The van der Waals surface area contributed by atoms with Gasteiger partial charge >= 0.3 is 0 Å². The van der Waals surface area contributed by atoms with Crippen LogP contribution in [0, 0.1) is 5.92 Å². The second-order valence-electron chi connectivity index (χ2n) is 9.73. The highest BCUT2D eigenvalue weighted by Crippen LogP contribution is 2.28. The predicted octanol–water partition coefficient (Wildman–Crippen LogP) is 4.44. The molecule has 0 saturated heterocycles. The number of amides is 3. The number of rotatable bonds is 13. The van der Waals surface area contributed by atoms with Crippen LogP contribution in [0.25, 0.3) is 10.2 Å². The van der Waals surface area contributed by atoms with Crippen LogP contribution in [-0.2, 0) is 27.2 Å². The van der Waals surface area contributed by atoms with E-state index >= 15 is 0 Å². The molecule has 36 heavy (non-hydrogen) atoms. The van der Waals surface area contributed by atoms with Crippen molar-refractivity contribution in [2.75, 3.05) is 6.54 Å². The van der Waals surface area contributed by atoms with E-state index in [0.29, 0.717) is 31.7 Å². The Balaban J connectivity index is 1.75. The number of benzene rings is 1. The molecule has 1 aliphatic carbocycles. The van der Waals surface area contributed by atoms with Crippen LogP contribution in [0.5, 0.6) is 0 Å². The Bertz CT molecular complexity index is 1040. The first-order valence-electron chi connectivity index (χ1n) is 13.3.